The maximum atomic E-state index is 12.6. The number of carbonyl (C=O) groups excluding carboxylic acids is 1. The van der Waals surface area contributed by atoms with E-state index in [1.165, 1.54) is 0 Å². The van der Waals surface area contributed by atoms with Crippen molar-refractivity contribution >= 4 is 29.3 Å². The van der Waals surface area contributed by atoms with Crippen molar-refractivity contribution in [1.29, 1.82) is 0 Å². The number of unbranched alkanes of at least 4 members (excludes halogenated alkanes) is 3. The molecule has 1 aliphatic rings. The third-order valence-electron chi connectivity index (χ3n) is 7.10. The minimum atomic E-state index is -0.786. The molecule has 3 atom stereocenters. The molecule has 1 heterocycles. The van der Waals surface area contributed by atoms with E-state index in [0.29, 0.717) is 37.1 Å². The second kappa shape index (κ2) is 16.3. The largest absolute Gasteiger partial charge is 0.496 e. The van der Waals surface area contributed by atoms with Crippen molar-refractivity contribution in [2.45, 2.75) is 74.9 Å². The lowest BCUT2D eigenvalue weighted by Crippen LogP contribution is -2.31. The highest BCUT2D eigenvalue weighted by atomic mass is 32.2. The molecule has 0 aromatic heterocycles. The highest BCUT2D eigenvalue weighted by molar-refractivity contribution is 7.99. The standard InChI is InChI=1S/C33H39NO7S/c1-39-28-11-6-7-12-30(28)42-22-27-20-29(24-17-15-23(21-35)16-18-24)41-33(40-27)25-9-8-10-26(19-25)34-31(36)13-4-2-3-5-14-32(37)38/h6-12,15-19,27,29,33,35H,2-5,13-14,20-22H2,1H3,(H,34,36)(H,37,38)/t27-,29+,33+/m1/s1. The van der Waals surface area contributed by atoms with Crippen molar-refractivity contribution in [3.05, 3.63) is 89.5 Å². The van der Waals surface area contributed by atoms with Crippen LogP contribution in [0, 0.1) is 0 Å². The Bertz CT molecular complexity index is 1300. The van der Waals surface area contributed by atoms with Gasteiger partial charge in [-0.1, -0.05) is 61.4 Å². The zero-order valence-electron chi connectivity index (χ0n) is 23.9. The van der Waals surface area contributed by atoms with E-state index in [0.717, 1.165) is 40.2 Å². The van der Waals surface area contributed by atoms with Gasteiger partial charge in [0.25, 0.3) is 0 Å². The van der Waals surface area contributed by atoms with Crippen LogP contribution < -0.4 is 10.1 Å². The monoisotopic (exact) mass is 593 g/mol. The summed E-state index contributed by atoms with van der Waals surface area (Å²) in [4.78, 5) is 24.2. The number of aliphatic carboxylic acids is 1. The van der Waals surface area contributed by atoms with Crippen LogP contribution in [0.25, 0.3) is 0 Å². The van der Waals surface area contributed by atoms with Crippen LogP contribution in [0.5, 0.6) is 5.75 Å². The van der Waals surface area contributed by atoms with Crippen molar-refractivity contribution in [3.63, 3.8) is 0 Å². The second-order valence-corrected chi connectivity index (χ2v) is 11.4. The first-order chi connectivity index (χ1) is 20.4. The van der Waals surface area contributed by atoms with Gasteiger partial charge in [-0.2, -0.15) is 0 Å². The van der Waals surface area contributed by atoms with Gasteiger partial charge in [0.1, 0.15) is 5.75 Å². The smallest absolute Gasteiger partial charge is 0.303 e. The lowest BCUT2D eigenvalue weighted by atomic mass is 10.0. The predicted octanol–water partition coefficient (Wildman–Crippen LogP) is 6.89. The van der Waals surface area contributed by atoms with Gasteiger partial charge in [-0.3, -0.25) is 9.59 Å². The molecule has 1 fully saturated rings. The fraction of sp³-hybridized carbons (Fsp3) is 0.394. The number of nitrogens with one attached hydrogen (secondary N) is 1. The first-order valence-corrected chi connectivity index (χ1v) is 15.3. The zero-order valence-corrected chi connectivity index (χ0v) is 24.7. The molecule has 3 aromatic carbocycles. The third kappa shape index (κ3) is 9.59. The average molecular weight is 594 g/mol. The van der Waals surface area contributed by atoms with E-state index in [9.17, 15) is 14.7 Å². The first kappa shape index (κ1) is 31.6. The highest BCUT2D eigenvalue weighted by Gasteiger charge is 2.32. The quantitative estimate of drug-likeness (QED) is 0.129. The van der Waals surface area contributed by atoms with Gasteiger partial charge >= 0.3 is 5.97 Å². The minimum Gasteiger partial charge on any atom is -0.496 e. The van der Waals surface area contributed by atoms with Gasteiger partial charge in [0, 0.05) is 41.2 Å². The molecular formula is C33H39NO7S. The van der Waals surface area contributed by atoms with Crippen LogP contribution in [0.3, 0.4) is 0 Å². The van der Waals surface area contributed by atoms with Gasteiger partial charge < -0.3 is 29.7 Å². The summed E-state index contributed by atoms with van der Waals surface area (Å²) in [5, 5.41) is 21.2. The summed E-state index contributed by atoms with van der Waals surface area (Å²) in [6.45, 7) is -0.0149. The molecule has 224 valence electrons. The van der Waals surface area contributed by atoms with Crippen molar-refractivity contribution in [2.75, 3.05) is 18.2 Å². The van der Waals surface area contributed by atoms with Gasteiger partial charge in [-0.05, 0) is 48.2 Å². The molecule has 1 saturated heterocycles. The van der Waals surface area contributed by atoms with Gasteiger partial charge in [0.2, 0.25) is 5.91 Å². The second-order valence-electron chi connectivity index (χ2n) is 10.3. The van der Waals surface area contributed by atoms with E-state index in [-0.39, 0.29) is 31.1 Å². The average Bonchev–Trinajstić information content (AvgIpc) is 3.01. The molecule has 0 aliphatic carbocycles. The number of methoxy groups -OCH3 is 1. The number of carboxylic acid groups (broad SMARTS) is 1. The molecule has 1 amide bonds. The Balaban J connectivity index is 1.42. The Morgan fingerprint density at radius 1 is 0.929 bits per heavy atom. The van der Waals surface area contributed by atoms with Crippen molar-refractivity contribution < 1.29 is 34.0 Å². The molecule has 0 radical (unpaired) electrons. The lowest BCUT2D eigenvalue weighted by molar-refractivity contribution is -0.245. The number of amides is 1. The number of aliphatic hydroxyl groups is 1. The summed E-state index contributed by atoms with van der Waals surface area (Å²) in [6, 6.07) is 23.2. The number of benzene rings is 3. The zero-order chi connectivity index (χ0) is 29.7. The number of anilines is 1. The topological polar surface area (TPSA) is 114 Å². The Kier molecular flexibility index (Phi) is 12.3. The van der Waals surface area contributed by atoms with E-state index in [1.54, 1.807) is 18.9 Å². The number of carbonyl (C=O) groups is 2. The van der Waals surface area contributed by atoms with Gasteiger partial charge in [-0.25, -0.2) is 0 Å². The summed E-state index contributed by atoms with van der Waals surface area (Å²) in [6.07, 6.45) is 3.22. The summed E-state index contributed by atoms with van der Waals surface area (Å²) in [7, 11) is 1.67. The Morgan fingerprint density at radius 2 is 1.69 bits per heavy atom. The van der Waals surface area contributed by atoms with Gasteiger partial charge in [0.15, 0.2) is 6.29 Å². The molecule has 3 aromatic rings. The lowest BCUT2D eigenvalue weighted by Gasteiger charge is -2.36. The van der Waals surface area contributed by atoms with E-state index in [2.05, 4.69) is 5.32 Å². The summed E-state index contributed by atoms with van der Waals surface area (Å²) in [5.74, 6) is 0.662. The maximum Gasteiger partial charge on any atom is 0.303 e. The van der Waals surface area contributed by atoms with Crippen LogP contribution in [0.4, 0.5) is 5.69 Å². The first-order valence-electron chi connectivity index (χ1n) is 14.3. The normalized spacial score (nSPS) is 18.4. The van der Waals surface area contributed by atoms with Crippen LogP contribution in [0.15, 0.2) is 77.7 Å². The van der Waals surface area contributed by atoms with Crippen LogP contribution in [-0.4, -0.2) is 41.1 Å². The van der Waals surface area contributed by atoms with Crippen LogP contribution in [0.2, 0.25) is 0 Å². The molecule has 0 bridgehead atoms. The summed E-state index contributed by atoms with van der Waals surface area (Å²) >= 11 is 1.68. The number of rotatable bonds is 15. The molecule has 1 aliphatic heterocycles. The number of thioether (sulfide) groups is 1. The summed E-state index contributed by atoms with van der Waals surface area (Å²) < 4.78 is 18.5. The fourth-order valence-electron chi connectivity index (χ4n) is 4.85. The van der Waals surface area contributed by atoms with Crippen LogP contribution >= 0.6 is 11.8 Å². The molecular weight excluding hydrogens is 554 g/mol. The molecule has 0 spiro atoms. The van der Waals surface area contributed by atoms with Gasteiger partial charge in [-0.15, -0.1) is 11.8 Å². The number of carboxylic acids is 1. The molecule has 4 rings (SSSR count). The molecule has 0 unspecified atom stereocenters. The van der Waals surface area contributed by atoms with Gasteiger partial charge in [0.05, 0.1) is 25.9 Å². The Hall–Kier alpha value is -3.37. The van der Waals surface area contributed by atoms with Crippen molar-refractivity contribution in [1.82, 2.24) is 0 Å². The van der Waals surface area contributed by atoms with Crippen LogP contribution in [0.1, 0.15) is 74.0 Å². The van der Waals surface area contributed by atoms with Crippen molar-refractivity contribution in [3.8, 4) is 5.75 Å². The van der Waals surface area contributed by atoms with Crippen LogP contribution in [-0.2, 0) is 25.7 Å². The molecule has 9 heteroatoms. The highest BCUT2D eigenvalue weighted by Crippen LogP contribution is 2.40. The van der Waals surface area contributed by atoms with E-state index >= 15 is 0 Å². The maximum absolute atomic E-state index is 12.6. The number of ether oxygens (including phenoxy) is 3. The Labute approximate surface area is 251 Å². The molecule has 3 N–H and O–H groups in total. The van der Waals surface area contributed by atoms with E-state index in [1.807, 2.05) is 72.8 Å². The molecule has 0 saturated carbocycles. The third-order valence-corrected chi connectivity index (χ3v) is 8.28. The number of hydrogen-bond donors (Lipinski definition) is 3. The number of aliphatic hydroxyl groups excluding tert-OH is 1. The fourth-order valence-corrected chi connectivity index (χ4v) is 5.89. The number of hydrogen-bond acceptors (Lipinski definition) is 7. The molecule has 42 heavy (non-hydrogen) atoms. The summed E-state index contributed by atoms with van der Waals surface area (Å²) in [5.41, 5.74) is 3.34. The van der Waals surface area contributed by atoms with E-state index < -0.39 is 12.3 Å². The SMILES string of the molecule is COc1ccccc1SC[C@H]1C[C@@H](c2ccc(CO)cc2)O[C@@H](c2cccc(NC(=O)CCCCCCC(=O)O)c2)O1. The van der Waals surface area contributed by atoms with E-state index in [4.69, 9.17) is 19.3 Å². The minimum absolute atomic E-state index is 0.0149. The van der Waals surface area contributed by atoms with Crippen molar-refractivity contribution in [2.24, 2.45) is 0 Å². The predicted molar refractivity (Wildman–Crippen MR) is 163 cm³/mol. The number of para-hydroxylation sites is 1. The molecule has 8 nitrogen and oxygen atoms in total. The Morgan fingerprint density at radius 3 is 2.43 bits per heavy atom.